The topological polar surface area (TPSA) is 12.0 Å². The summed E-state index contributed by atoms with van der Waals surface area (Å²) in [5.74, 6) is 1.61. The van der Waals surface area contributed by atoms with Crippen molar-refractivity contribution in [3.8, 4) is 0 Å². The van der Waals surface area contributed by atoms with Crippen molar-refractivity contribution in [2.75, 3.05) is 13.6 Å². The van der Waals surface area contributed by atoms with Crippen LogP contribution in [0.3, 0.4) is 0 Å². The zero-order chi connectivity index (χ0) is 9.26. The normalized spacial score (nSPS) is 26.0. The summed E-state index contributed by atoms with van der Waals surface area (Å²) in [5.41, 5.74) is 1.43. The van der Waals surface area contributed by atoms with Gasteiger partial charge in [-0.05, 0) is 49.5 Å². The maximum atomic E-state index is 5.82. The smallest absolute Gasteiger partial charge is 0.0406 e. The molecule has 13 heavy (non-hydrogen) atoms. The lowest BCUT2D eigenvalue weighted by atomic mass is 10.1. The molecule has 0 aromatic heterocycles. The van der Waals surface area contributed by atoms with Crippen LogP contribution in [0, 0.1) is 5.92 Å². The van der Waals surface area contributed by atoms with E-state index in [1.165, 1.54) is 12.0 Å². The first-order valence-corrected chi connectivity index (χ1v) is 5.09. The summed E-state index contributed by atoms with van der Waals surface area (Å²) < 4.78 is 0. The second-order valence-electron chi connectivity index (χ2n) is 3.71. The van der Waals surface area contributed by atoms with Crippen LogP contribution in [0.15, 0.2) is 24.3 Å². The van der Waals surface area contributed by atoms with Gasteiger partial charge in [-0.3, -0.25) is 0 Å². The predicted molar refractivity (Wildman–Crippen MR) is 56.2 cm³/mol. The molecule has 70 valence electrons. The summed E-state index contributed by atoms with van der Waals surface area (Å²) in [5, 5.41) is 4.04. The summed E-state index contributed by atoms with van der Waals surface area (Å²) in [6, 6.07) is 8.24. The number of halogens is 1. The van der Waals surface area contributed by atoms with Crippen molar-refractivity contribution in [3.63, 3.8) is 0 Å². The van der Waals surface area contributed by atoms with Crippen molar-refractivity contribution in [1.29, 1.82) is 0 Å². The van der Waals surface area contributed by atoms with Crippen LogP contribution < -0.4 is 5.32 Å². The monoisotopic (exact) mass is 195 g/mol. The Labute approximate surface area is 84.1 Å². The van der Waals surface area contributed by atoms with Crippen LogP contribution in [0.4, 0.5) is 0 Å². The molecule has 1 N–H and O–H groups in total. The summed E-state index contributed by atoms with van der Waals surface area (Å²) in [4.78, 5) is 0. The van der Waals surface area contributed by atoms with Crippen molar-refractivity contribution >= 4 is 11.6 Å². The van der Waals surface area contributed by atoms with Crippen LogP contribution in [0.5, 0.6) is 0 Å². The van der Waals surface area contributed by atoms with E-state index in [0.29, 0.717) is 0 Å². The van der Waals surface area contributed by atoms with E-state index in [0.717, 1.165) is 23.4 Å². The molecule has 1 aliphatic carbocycles. The fraction of sp³-hybridized carbons (Fsp3) is 0.455. The minimum atomic E-state index is 0.768. The van der Waals surface area contributed by atoms with Crippen molar-refractivity contribution < 1.29 is 0 Å². The Balaban J connectivity index is 2.00. The van der Waals surface area contributed by atoms with Gasteiger partial charge in [0.2, 0.25) is 0 Å². The Morgan fingerprint density at radius 2 is 2.08 bits per heavy atom. The van der Waals surface area contributed by atoms with E-state index in [2.05, 4.69) is 17.4 Å². The van der Waals surface area contributed by atoms with Crippen molar-refractivity contribution in [2.45, 2.75) is 12.3 Å². The van der Waals surface area contributed by atoms with Crippen LogP contribution >= 0.6 is 11.6 Å². The first-order chi connectivity index (χ1) is 6.31. The fourth-order valence-electron chi connectivity index (χ4n) is 1.85. The minimum Gasteiger partial charge on any atom is -0.319 e. The highest BCUT2D eigenvalue weighted by Crippen LogP contribution is 2.46. The number of hydrogen-bond donors (Lipinski definition) is 1. The first kappa shape index (κ1) is 9.04. The Morgan fingerprint density at radius 1 is 1.38 bits per heavy atom. The summed E-state index contributed by atoms with van der Waals surface area (Å²) in [6.45, 7) is 1.13. The molecule has 2 atom stereocenters. The quantitative estimate of drug-likeness (QED) is 0.782. The van der Waals surface area contributed by atoms with Gasteiger partial charge in [0.1, 0.15) is 0 Å². The summed E-state index contributed by atoms with van der Waals surface area (Å²) in [6.07, 6.45) is 1.32. The predicted octanol–water partition coefficient (Wildman–Crippen LogP) is 2.66. The van der Waals surface area contributed by atoms with Gasteiger partial charge in [-0.25, -0.2) is 0 Å². The molecule has 0 radical (unpaired) electrons. The molecule has 1 nitrogen and oxygen atoms in total. The first-order valence-electron chi connectivity index (χ1n) is 4.71. The molecule has 2 rings (SSSR count). The highest BCUT2D eigenvalue weighted by Gasteiger charge is 2.37. The lowest BCUT2D eigenvalue weighted by Gasteiger charge is -1.99. The largest absolute Gasteiger partial charge is 0.319 e. The average Bonchev–Trinajstić information content (AvgIpc) is 2.86. The van der Waals surface area contributed by atoms with Crippen LogP contribution in [0.2, 0.25) is 5.02 Å². The molecule has 2 heteroatoms. The van der Waals surface area contributed by atoms with Gasteiger partial charge < -0.3 is 5.32 Å². The van der Waals surface area contributed by atoms with Gasteiger partial charge in [0.05, 0.1) is 0 Å². The maximum absolute atomic E-state index is 5.82. The zero-order valence-electron chi connectivity index (χ0n) is 7.76. The van der Waals surface area contributed by atoms with Crippen LogP contribution in [0.1, 0.15) is 17.9 Å². The standard InChI is InChI=1S/C11H14ClN/c1-13-7-9-6-11(9)8-2-4-10(12)5-3-8/h2-5,9,11,13H,6-7H2,1H3/t9-,11-/m0/s1. The molecule has 0 bridgehead atoms. The number of hydrogen-bond acceptors (Lipinski definition) is 1. The Hall–Kier alpha value is -0.530. The van der Waals surface area contributed by atoms with E-state index < -0.39 is 0 Å². The van der Waals surface area contributed by atoms with Crippen LogP contribution in [-0.2, 0) is 0 Å². The molecule has 1 saturated carbocycles. The van der Waals surface area contributed by atoms with Gasteiger partial charge in [0.25, 0.3) is 0 Å². The van der Waals surface area contributed by atoms with E-state index in [9.17, 15) is 0 Å². The fourth-order valence-corrected chi connectivity index (χ4v) is 1.98. The van der Waals surface area contributed by atoms with E-state index in [4.69, 9.17) is 11.6 Å². The van der Waals surface area contributed by atoms with Crippen LogP contribution in [-0.4, -0.2) is 13.6 Å². The molecule has 1 fully saturated rings. The highest BCUT2D eigenvalue weighted by molar-refractivity contribution is 6.30. The van der Waals surface area contributed by atoms with Crippen LogP contribution in [0.25, 0.3) is 0 Å². The lowest BCUT2D eigenvalue weighted by Crippen LogP contribution is -2.10. The molecule has 0 spiro atoms. The number of benzene rings is 1. The van der Waals surface area contributed by atoms with Gasteiger partial charge >= 0.3 is 0 Å². The third-order valence-corrected chi connectivity index (χ3v) is 2.94. The number of rotatable bonds is 3. The third-order valence-electron chi connectivity index (χ3n) is 2.69. The lowest BCUT2D eigenvalue weighted by molar-refractivity contribution is 0.698. The summed E-state index contributed by atoms with van der Waals surface area (Å²) in [7, 11) is 2.01. The molecular formula is C11H14ClN. The van der Waals surface area contributed by atoms with Crippen molar-refractivity contribution in [1.82, 2.24) is 5.32 Å². The van der Waals surface area contributed by atoms with E-state index in [1.807, 2.05) is 19.2 Å². The molecule has 0 aliphatic heterocycles. The van der Waals surface area contributed by atoms with E-state index >= 15 is 0 Å². The van der Waals surface area contributed by atoms with Gasteiger partial charge in [-0.1, -0.05) is 23.7 Å². The zero-order valence-corrected chi connectivity index (χ0v) is 8.51. The average molecular weight is 196 g/mol. The second kappa shape index (κ2) is 3.69. The highest BCUT2D eigenvalue weighted by atomic mass is 35.5. The molecule has 1 aromatic carbocycles. The van der Waals surface area contributed by atoms with Gasteiger partial charge in [0, 0.05) is 5.02 Å². The van der Waals surface area contributed by atoms with Gasteiger partial charge in [-0.2, -0.15) is 0 Å². The Bertz CT molecular complexity index is 281. The molecule has 0 amide bonds. The molecule has 0 unspecified atom stereocenters. The third kappa shape index (κ3) is 2.04. The van der Waals surface area contributed by atoms with E-state index in [1.54, 1.807) is 0 Å². The summed E-state index contributed by atoms with van der Waals surface area (Å²) >= 11 is 5.82. The SMILES string of the molecule is CNC[C@@H]1C[C@H]1c1ccc(Cl)cc1. The van der Waals surface area contributed by atoms with Gasteiger partial charge in [0.15, 0.2) is 0 Å². The molecule has 0 saturated heterocycles. The molecule has 1 aromatic rings. The van der Waals surface area contributed by atoms with Crippen molar-refractivity contribution in [2.24, 2.45) is 5.92 Å². The number of nitrogens with one attached hydrogen (secondary N) is 1. The Morgan fingerprint density at radius 3 is 2.69 bits per heavy atom. The van der Waals surface area contributed by atoms with Gasteiger partial charge in [-0.15, -0.1) is 0 Å². The van der Waals surface area contributed by atoms with Crippen molar-refractivity contribution in [3.05, 3.63) is 34.9 Å². The molecular weight excluding hydrogens is 182 g/mol. The Kier molecular flexibility index (Phi) is 2.56. The molecule has 1 aliphatic rings. The minimum absolute atomic E-state index is 0.768. The van der Waals surface area contributed by atoms with E-state index in [-0.39, 0.29) is 0 Å². The maximum Gasteiger partial charge on any atom is 0.0406 e. The molecule has 0 heterocycles. The second-order valence-corrected chi connectivity index (χ2v) is 4.15.